The monoisotopic (exact) mass is 1170 g/mol. The van der Waals surface area contributed by atoms with Gasteiger partial charge in [0.25, 0.3) is 0 Å². The van der Waals surface area contributed by atoms with Gasteiger partial charge in [0, 0.05) is 12.8 Å². The van der Waals surface area contributed by atoms with Gasteiger partial charge in [-0.05, 0) is 38.5 Å². The number of quaternary nitrogens is 1. The van der Waals surface area contributed by atoms with Crippen molar-refractivity contribution < 1.29 is 42.1 Å². The van der Waals surface area contributed by atoms with E-state index in [0.29, 0.717) is 17.4 Å². The van der Waals surface area contributed by atoms with Crippen molar-refractivity contribution in [3.63, 3.8) is 0 Å². The summed E-state index contributed by atoms with van der Waals surface area (Å²) in [6.45, 7) is 4.52. The highest BCUT2D eigenvalue weighted by Crippen LogP contribution is 2.43. The van der Waals surface area contributed by atoms with E-state index in [0.717, 1.165) is 38.5 Å². The van der Waals surface area contributed by atoms with Crippen molar-refractivity contribution in [2.75, 3.05) is 47.5 Å². The van der Waals surface area contributed by atoms with E-state index in [1.165, 1.54) is 315 Å². The van der Waals surface area contributed by atoms with Crippen LogP contribution in [0.2, 0.25) is 0 Å². The molecule has 9 nitrogen and oxygen atoms in total. The van der Waals surface area contributed by atoms with Crippen LogP contribution < -0.4 is 0 Å². The van der Waals surface area contributed by atoms with Crippen LogP contribution in [0.1, 0.15) is 380 Å². The first-order valence-electron chi connectivity index (χ1n) is 35.9. The molecular weight excluding hydrogens is 1030 g/mol. The predicted molar refractivity (Wildman–Crippen MR) is 349 cm³/mol. The molecular formula is C71H141NO8P+. The van der Waals surface area contributed by atoms with E-state index >= 15 is 0 Å². The number of ether oxygens (including phenoxy) is 2. The maximum atomic E-state index is 12.9. The number of rotatable bonds is 68. The Labute approximate surface area is 505 Å². The second kappa shape index (κ2) is 63.3. The zero-order valence-corrected chi connectivity index (χ0v) is 56.0. The maximum Gasteiger partial charge on any atom is 0.472 e. The van der Waals surface area contributed by atoms with E-state index in [4.69, 9.17) is 18.5 Å². The molecule has 0 amide bonds. The summed E-state index contributed by atoms with van der Waals surface area (Å²) in [5.41, 5.74) is 0. The predicted octanol–water partition coefficient (Wildman–Crippen LogP) is 23.1. The lowest BCUT2D eigenvalue weighted by molar-refractivity contribution is -0.870. The number of phosphoric acid groups is 1. The number of likely N-dealkylation sites (N-methyl/N-ethyl adjacent to an activating group) is 1. The number of hydrogen-bond acceptors (Lipinski definition) is 7. The fourth-order valence-corrected chi connectivity index (χ4v) is 11.8. The molecule has 0 aliphatic heterocycles. The van der Waals surface area contributed by atoms with E-state index in [2.05, 4.69) is 26.0 Å². The van der Waals surface area contributed by atoms with Crippen LogP contribution in [-0.4, -0.2) is 74.9 Å². The second-order valence-corrected chi connectivity index (χ2v) is 27.4. The van der Waals surface area contributed by atoms with Crippen molar-refractivity contribution in [2.24, 2.45) is 0 Å². The Kier molecular flexibility index (Phi) is 62.3. The number of carbonyl (C=O) groups excluding carboxylic acids is 2. The molecule has 0 aromatic heterocycles. The molecule has 0 saturated carbocycles. The van der Waals surface area contributed by atoms with Crippen LogP contribution in [0.15, 0.2) is 12.2 Å². The minimum absolute atomic E-state index is 0.0368. The van der Waals surface area contributed by atoms with Crippen LogP contribution >= 0.6 is 7.82 Å². The first-order valence-corrected chi connectivity index (χ1v) is 37.4. The molecule has 0 aliphatic carbocycles. The Morgan fingerprint density at radius 1 is 0.370 bits per heavy atom. The lowest BCUT2D eigenvalue weighted by atomic mass is 10.0. The van der Waals surface area contributed by atoms with Crippen molar-refractivity contribution in [1.29, 1.82) is 0 Å². The fourth-order valence-electron chi connectivity index (χ4n) is 11.0. The summed E-state index contributed by atoms with van der Waals surface area (Å²) in [7, 11) is 1.50. The highest BCUT2D eigenvalue weighted by atomic mass is 31.2. The lowest BCUT2D eigenvalue weighted by Crippen LogP contribution is -2.37. The Balaban J connectivity index is 3.95. The van der Waals surface area contributed by atoms with Gasteiger partial charge in [0.1, 0.15) is 19.8 Å². The molecule has 2 unspecified atom stereocenters. The molecule has 0 heterocycles. The minimum atomic E-state index is -4.39. The molecule has 2 atom stereocenters. The van der Waals surface area contributed by atoms with Crippen LogP contribution in [0.4, 0.5) is 0 Å². The van der Waals surface area contributed by atoms with E-state index in [-0.39, 0.29) is 25.6 Å². The molecule has 0 bridgehead atoms. The first-order chi connectivity index (χ1) is 39.5. The summed E-state index contributed by atoms with van der Waals surface area (Å²) in [5, 5.41) is 0. The molecule has 482 valence electrons. The number of esters is 2. The van der Waals surface area contributed by atoms with Crippen molar-refractivity contribution in [2.45, 2.75) is 386 Å². The number of allylic oxidation sites excluding steroid dienone is 2. The number of unbranched alkanes of at least 4 members (excludes halogenated alkanes) is 52. The van der Waals surface area contributed by atoms with Gasteiger partial charge in [-0.15, -0.1) is 0 Å². The molecule has 0 aliphatic rings. The van der Waals surface area contributed by atoms with E-state index in [1.54, 1.807) is 0 Å². The van der Waals surface area contributed by atoms with Gasteiger partial charge in [0.05, 0.1) is 27.7 Å². The van der Waals surface area contributed by atoms with Gasteiger partial charge in [0.15, 0.2) is 6.10 Å². The van der Waals surface area contributed by atoms with Crippen LogP contribution in [0.5, 0.6) is 0 Å². The van der Waals surface area contributed by atoms with E-state index in [9.17, 15) is 19.0 Å². The molecule has 1 N–H and O–H groups in total. The number of carbonyl (C=O) groups is 2. The molecule has 10 heteroatoms. The molecule has 0 rings (SSSR count). The summed E-state index contributed by atoms with van der Waals surface area (Å²) >= 11 is 0. The quantitative estimate of drug-likeness (QED) is 0.0211. The standard InChI is InChI=1S/C71H140NO8P/c1-6-8-10-12-14-16-18-20-22-24-26-28-30-32-33-34-35-36-37-38-39-40-42-44-46-48-50-52-54-56-58-60-62-64-71(74)80-69(68-79-81(75,76)78-66-65-72(3,4)5)67-77-70(73)63-61-59-57-55-53-51-49-47-45-43-41-31-29-27-25-23-21-19-17-15-13-11-9-7-2/h24,26,69H,6-23,25,27-68H2,1-5H3/p+1/b26-24-. The van der Waals surface area contributed by atoms with Crippen molar-refractivity contribution >= 4 is 19.8 Å². The molecule has 0 aromatic rings. The van der Waals surface area contributed by atoms with Crippen LogP contribution in [0.25, 0.3) is 0 Å². The smallest absolute Gasteiger partial charge is 0.462 e. The summed E-state index contributed by atoms with van der Waals surface area (Å²) in [5.74, 6) is -0.769. The zero-order valence-electron chi connectivity index (χ0n) is 55.1. The van der Waals surface area contributed by atoms with Gasteiger partial charge in [-0.2, -0.15) is 0 Å². The van der Waals surface area contributed by atoms with Crippen molar-refractivity contribution in [3.05, 3.63) is 12.2 Å². The number of phosphoric ester groups is 1. The Hall–Kier alpha value is -1.25. The zero-order chi connectivity index (χ0) is 59.1. The SMILES string of the molecule is CCCCCCCCCC/C=C\CCCCCCCCCCCCCCCCCCCCCCCC(=O)OC(COC(=O)CCCCCCCCCCCCCCCCCCCCCCCCCC)COP(=O)(O)OCC[N+](C)(C)C. The van der Waals surface area contributed by atoms with Crippen molar-refractivity contribution in [3.8, 4) is 0 Å². The molecule has 0 radical (unpaired) electrons. The van der Waals surface area contributed by atoms with Gasteiger partial charge in [-0.3, -0.25) is 18.6 Å². The second-order valence-electron chi connectivity index (χ2n) is 26.0. The molecule has 81 heavy (non-hydrogen) atoms. The van der Waals surface area contributed by atoms with Gasteiger partial charge in [-0.25, -0.2) is 4.57 Å². The topological polar surface area (TPSA) is 108 Å². The largest absolute Gasteiger partial charge is 0.472 e. The minimum Gasteiger partial charge on any atom is -0.462 e. The third kappa shape index (κ3) is 67.7. The molecule has 0 saturated heterocycles. The lowest BCUT2D eigenvalue weighted by Gasteiger charge is -2.24. The molecule has 0 aromatic carbocycles. The number of hydrogen-bond donors (Lipinski definition) is 1. The van der Waals surface area contributed by atoms with E-state index in [1.807, 2.05) is 21.1 Å². The number of nitrogens with zero attached hydrogens (tertiary/aromatic N) is 1. The highest BCUT2D eigenvalue weighted by Gasteiger charge is 2.27. The summed E-state index contributed by atoms with van der Waals surface area (Å²) in [6, 6.07) is 0. The summed E-state index contributed by atoms with van der Waals surface area (Å²) in [6.07, 6.45) is 77.6. The first kappa shape index (κ1) is 79.8. The maximum absolute atomic E-state index is 12.9. The Morgan fingerprint density at radius 2 is 0.630 bits per heavy atom. The molecule has 0 spiro atoms. The normalized spacial score (nSPS) is 13.1. The van der Waals surface area contributed by atoms with Crippen LogP contribution in [0, 0.1) is 0 Å². The summed E-state index contributed by atoms with van der Waals surface area (Å²) < 4.78 is 34.8. The van der Waals surface area contributed by atoms with Crippen LogP contribution in [0.3, 0.4) is 0 Å². The summed E-state index contributed by atoms with van der Waals surface area (Å²) in [4.78, 5) is 35.9. The van der Waals surface area contributed by atoms with Crippen molar-refractivity contribution in [1.82, 2.24) is 0 Å². The van der Waals surface area contributed by atoms with E-state index < -0.39 is 26.5 Å². The third-order valence-corrected chi connectivity index (χ3v) is 17.5. The van der Waals surface area contributed by atoms with Gasteiger partial charge in [-0.1, -0.05) is 341 Å². The Bertz CT molecular complexity index is 1370. The average Bonchev–Trinajstić information content (AvgIpc) is 3.43. The fraction of sp³-hybridized carbons (Fsp3) is 0.944. The van der Waals surface area contributed by atoms with Gasteiger partial charge < -0.3 is 18.9 Å². The molecule has 0 fully saturated rings. The Morgan fingerprint density at radius 3 is 0.914 bits per heavy atom. The average molecular weight is 1170 g/mol. The van der Waals surface area contributed by atoms with Gasteiger partial charge >= 0.3 is 19.8 Å². The highest BCUT2D eigenvalue weighted by molar-refractivity contribution is 7.47. The van der Waals surface area contributed by atoms with Crippen LogP contribution in [-0.2, 0) is 32.7 Å². The third-order valence-electron chi connectivity index (χ3n) is 16.5. The van der Waals surface area contributed by atoms with Gasteiger partial charge in [0.2, 0.25) is 0 Å².